The number of allylic oxidation sites excluding steroid dienone is 1. The molecule has 0 saturated heterocycles. The van der Waals surface area contributed by atoms with Gasteiger partial charge in [0.25, 0.3) is 0 Å². The molecule has 0 aliphatic rings. The molecule has 0 radical (unpaired) electrons. The Morgan fingerprint density at radius 3 is 2.39 bits per heavy atom. The molecule has 0 heterocycles. The Morgan fingerprint density at radius 2 is 1.72 bits per heavy atom. The van der Waals surface area contributed by atoms with E-state index in [0.29, 0.717) is 15.6 Å². The van der Waals surface area contributed by atoms with E-state index in [-0.39, 0.29) is 5.78 Å². The number of ketones is 1. The Hall–Kier alpha value is -1.57. The van der Waals surface area contributed by atoms with Crippen LogP contribution in [0.2, 0.25) is 10.0 Å². The zero-order chi connectivity index (χ0) is 13.0. The van der Waals surface area contributed by atoms with E-state index < -0.39 is 0 Å². The number of hydrogen-bond acceptors (Lipinski definition) is 1. The molecule has 0 aliphatic carbocycles. The van der Waals surface area contributed by atoms with Crippen LogP contribution in [0.3, 0.4) is 0 Å². The van der Waals surface area contributed by atoms with Crippen molar-refractivity contribution in [1.82, 2.24) is 0 Å². The third-order valence-electron chi connectivity index (χ3n) is 2.42. The lowest BCUT2D eigenvalue weighted by Gasteiger charge is -2.00. The van der Waals surface area contributed by atoms with Gasteiger partial charge in [-0.3, -0.25) is 4.79 Å². The van der Waals surface area contributed by atoms with Crippen molar-refractivity contribution in [3.05, 3.63) is 75.8 Å². The quantitative estimate of drug-likeness (QED) is 0.576. The highest BCUT2D eigenvalue weighted by molar-refractivity contribution is 6.37. The summed E-state index contributed by atoms with van der Waals surface area (Å²) in [4.78, 5) is 11.9. The zero-order valence-electron chi connectivity index (χ0n) is 9.44. The molecule has 3 heteroatoms. The molecule has 0 aliphatic heterocycles. The molecule has 0 N–H and O–H groups in total. The van der Waals surface area contributed by atoms with Crippen LogP contribution < -0.4 is 0 Å². The van der Waals surface area contributed by atoms with Gasteiger partial charge >= 0.3 is 0 Å². The van der Waals surface area contributed by atoms with E-state index in [2.05, 4.69) is 0 Å². The van der Waals surface area contributed by atoms with E-state index in [9.17, 15) is 4.79 Å². The average Bonchev–Trinajstić information content (AvgIpc) is 2.37. The van der Waals surface area contributed by atoms with Gasteiger partial charge in [-0.25, -0.2) is 0 Å². The van der Waals surface area contributed by atoms with Gasteiger partial charge in [0.15, 0.2) is 5.78 Å². The smallest absolute Gasteiger partial charge is 0.187 e. The third-order valence-corrected chi connectivity index (χ3v) is 2.97. The third kappa shape index (κ3) is 3.22. The van der Waals surface area contributed by atoms with Gasteiger partial charge in [-0.05, 0) is 29.8 Å². The van der Waals surface area contributed by atoms with Crippen LogP contribution in [0.25, 0.3) is 6.08 Å². The molecule has 1 nitrogen and oxygen atoms in total. The van der Waals surface area contributed by atoms with Crippen molar-refractivity contribution < 1.29 is 4.79 Å². The van der Waals surface area contributed by atoms with E-state index in [1.807, 2.05) is 30.3 Å². The monoisotopic (exact) mass is 276 g/mol. The van der Waals surface area contributed by atoms with Crippen LogP contribution in [0.4, 0.5) is 0 Å². The number of carbonyl (C=O) groups is 1. The first kappa shape index (κ1) is 12.9. The van der Waals surface area contributed by atoms with Crippen LogP contribution in [-0.2, 0) is 0 Å². The summed E-state index contributed by atoms with van der Waals surface area (Å²) >= 11 is 11.7. The molecule has 18 heavy (non-hydrogen) atoms. The molecular weight excluding hydrogens is 267 g/mol. The second kappa shape index (κ2) is 5.85. The molecule has 0 spiro atoms. The fourth-order valence-electron chi connectivity index (χ4n) is 1.52. The van der Waals surface area contributed by atoms with E-state index in [1.54, 1.807) is 24.3 Å². The first-order chi connectivity index (χ1) is 8.66. The van der Waals surface area contributed by atoms with Crippen LogP contribution in [0.1, 0.15) is 15.9 Å². The molecule has 2 rings (SSSR count). The summed E-state index contributed by atoms with van der Waals surface area (Å²) < 4.78 is 0. The first-order valence-electron chi connectivity index (χ1n) is 5.39. The van der Waals surface area contributed by atoms with Gasteiger partial charge in [-0.1, -0.05) is 59.6 Å². The van der Waals surface area contributed by atoms with Crippen molar-refractivity contribution >= 4 is 35.1 Å². The maximum absolute atomic E-state index is 11.9. The molecule has 0 fully saturated rings. The maximum atomic E-state index is 11.9. The number of hydrogen-bond donors (Lipinski definition) is 0. The minimum atomic E-state index is -0.138. The second-order valence-electron chi connectivity index (χ2n) is 3.73. The number of carbonyl (C=O) groups excluding carboxylic acids is 1. The van der Waals surface area contributed by atoms with Crippen LogP contribution in [0.15, 0.2) is 54.6 Å². The summed E-state index contributed by atoms with van der Waals surface area (Å²) in [6, 6.07) is 14.4. The molecule has 2 aromatic carbocycles. The van der Waals surface area contributed by atoms with Gasteiger partial charge in [-0.2, -0.15) is 0 Å². The van der Waals surface area contributed by atoms with Gasteiger partial charge in [0.05, 0.1) is 5.02 Å². The fourth-order valence-corrected chi connectivity index (χ4v) is 2.02. The Balaban J connectivity index is 2.20. The minimum Gasteiger partial charge on any atom is -0.289 e. The average molecular weight is 277 g/mol. The molecule has 2 aromatic rings. The topological polar surface area (TPSA) is 17.1 Å². The Bertz CT molecular complexity index is 589. The molecule has 90 valence electrons. The van der Waals surface area contributed by atoms with Gasteiger partial charge in [0.2, 0.25) is 0 Å². The first-order valence-corrected chi connectivity index (χ1v) is 6.15. The van der Waals surface area contributed by atoms with E-state index in [0.717, 1.165) is 5.56 Å². The van der Waals surface area contributed by atoms with E-state index >= 15 is 0 Å². The Morgan fingerprint density at radius 1 is 1.00 bits per heavy atom. The van der Waals surface area contributed by atoms with Crippen LogP contribution in [-0.4, -0.2) is 5.78 Å². The van der Waals surface area contributed by atoms with Crippen molar-refractivity contribution in [3.8, 4) is 0 Å². The summed E-state index contributed by atoms with van der Waals surface area (Å²) in [7, 11) is 0. The van der Waals surface area contributed by atoms with Gasteiger partial charge in [0.1, 0.15) is 0 Å². The maximum Gasteiger partial charge on any atom is 0.187 e. The van der Waals surface area contributed by atoms with Crippen LogP contribution >= 0.6 is 23.2 Å². The number of rotatable bonds is 3. The standard InChI is InChI=1S/C15H10Cl2O/c16-12-7-8-13(14(17)10-12)15(18)9-6-11-4-2-1-3-5-11/h1-10H/b9-6-. The van der Waals surface area contributed by atoms with Crippen molar-refractivity contribution in [2.24, 2.45) is 0 Å². The summed E-state index contributed by atoms with van der Waals surface area (Å²) in [6.45, 7) is 0. The highest BCUT2D eigenvalue weighted by Crippen LogP contribution is 2.21. The Kier molecular flexibility index (Phi) is 4.19. The largest absolute Gasteiger partial charge is 0.289 e. The van der Waals surface area contributed by atoms with E-state index in [4.69, 9.17) is 23.2 Å². The normalized spacial score (nSPS) is 10.8. The van der Waals surface area contributed by atoms with Crippen molar-refractivity contribution in [1.29, 1.82) is 0 Å². The fraction of sp³-hybridized carbons (Fsp3) is 0. The van der Waals surface area contributed by atoms with Gasteiger partial charge in [0, 0.05) is 10.6 Å². The van der Waals surface area contributed by atoms with Gasteiger partial charge in [-0.15, -0.1) is 0 Å². The predicted molar refractivity (Wildman–Crippen MR) is 76.3 cm³/mol. The van der Waals surface area contributed by atoms with Crippen molar-refractivity contribution in [2.45, 2.75) is 0 Å². The van der Waals surface area contributed by atoms with Gasteiger partial charge < -0.3 is 0 Å². The lowest BCUT2D eigenvalue weighted by molar-refractivity contribution is 0.104. The van der Waals surface area contributed by atoms with Crippen LogP contribution in [0.5, 0.6) is 0 Å². The molecular formula is C15H10Cl2O. The molecule has 0 aromatic heterocycles. The predicted octanol–water partition coefficient (Wildman–Crippen LogP) is 4.89. The summed E-state index contributed by atoms with van der Waals surface area (Å²) in [6.07, 6.45) is 3.26. The highest BCUT2D eigenvalue weighted by atomic mass is 35.5. The summed E-state index contributed by atoms with van der Waals surface area (Å²) in [5, 5.41) is 0.883. The summed E-state index contributed by atoms with van der Waals surface area (Å²) in [5.74, 6) is -0.138. The lowest BCUT2D eigenvalue weighted by Crippen LogP contribution is -1.95. The van der Waals surface area contributed by atoms with Crippen LogP contribution in [0, 0.1) is 0 Å². The highest BCUT2D eigenvalue weighted by Gasteiger charge is 2.07. The number of halogens is 2. The molecule has 0 atom stereocenters. The number of benzene rings is 2. The van der Waals surface area contributed by atoms with Crippen molar-refractivity contribution in [3.63, 3.8) is 0 Å². The zero-order valence-corrected chi connectivity index (χ0v) is 10.9. The molecule has 0 unspecified atom stereocenters. The molecule has 0 saturated carbocycles. The SMILES string of the molecule is O=C(/C=C\c1ccccc1)c1ccc(Cl)cc1Cl. The minimum absolute atomic E-state index is 0.138. The molecule has 0 amide bonds. The summed E-state index contributed by atoms with van der Waals surface area (Å²) in [5.41, 5.74) is 1.42. The lowest BCUT2D eigenvalue weighted by atomic mass is 10.1. The second-order valence-corrected chi connectivity index (χ2v) is 4.58. The molecule has 0 bridgehead atoms. The van der Waals surface area contributed by atoms with Crippen molar-refractivity contribution in [2.75, 3.05) is 0 Å². The Labute approximate surface area is 116 Å². The van der Waals surface area contributed by atoms with E-state index in [1.165, 1.54) is 6.08 Å².